The van der Waals surface area contributed by atoms with Gasteiger partial charge in [-0.05, 0) is 11.3 Å². The Balaban J connectivity index is 1.95. The van der Waals surface area contributed by atoms with Gasteiger partial charge in [-0.3, -0.25) is 10.1 Å². The van der Waals surface area contributed by atoms with Crippen LogP contribution in [-0.2, 0) is 11.3 Å². The Labute approximate surface area is 120 Å². The van der Waals surface area contributed by atoms with Gasteiger partial charge in [-0.25, -0.2) is 0 Å². The maximum absolute atomic E-state index is 12.3. The number of anilines is 1. The van der Waals surface area contributed by atoms with Gasteiger partial charge < -0.3 is 9.30 Å². The number of ether oxygens (including phenoxy) is 1. The standard InChI is InChI=1S/C13H14N6O2/c1-21-7-6-19-8-10(9-4-2-3-5-11(9)19)12(20)14-13-15-17-18-16-13/h2-5,8H,6-7H2,1H3,(H2,14,15,16,17,18,20). The van der Waals surface area contributed by atoms with Crippen molar-refractivity contribution in [1.82, 2.24) is 25.2 Å². The molecule has 108 valence electrons. The number of benzene rings is 1. The number of carbonyl (C=O) groups is 1. The van der Waals surface area contributed by atoms with Crippen LogP contribution in [0.4, 0.5) is 5.95 Å². The average molecular weight is 286 g/mol. The summed E-state index contributed by atoms with van der Waals surface area (Å²) in [4.78, 5) is 12.3. The molecule has 3 rings (SSSR count). The highest BCUT2D eigenvalue weighted by molar-refractivity contribution is 6.12. The number of fused-ring (bicyclic) bond motifs is 1. The maximum atomic E-state index is 12.3. The Bertz CT molecular complexity index is 749. The quantitative estimate of drug-likeness (QED) is 0.730. The molecule has 0 unspecified atom stereocenters. The van der Waals surface area contributed by atoms with E-state index in [2.05, 4.69) is 25.9 Å². The molecule has 0 aliphatic rings. The van der Waals surface area contributed by atoms with Crippen LogP contribution in [0.1, 0.15) is 10.4 Å². The smallest absolute Gasteiger partial charge is 0.270 e. The molecule has 3 aromatic rings. The molecule has 8 heteroatoms. The number of hydrogen-bond donors (Lipinski definition) is 2. The molecule has 2 N–H and O–H groups in total. The lowest BCUT2D eigenvalue weighted by molar-refractivity contribution is 0.102. The highest BCUT2D eigenvalue weighted by Crippen LogP contribution is 2.22. The summed E-state index contributed by atoms with van der Waals surface area (Å²) in [6.07, 6.45) is 1.80. The first kappa shape index (κ1) is 13.3. The predicted molar refractivity (Wildman–Crippen MR) is 75.9 cm³/mol. The number of nitrogens with zero attached hydrogens (tertiary/aromatic N) is 4. The van der Waals surface area contributed by atoms with Crippen molar-refractivity contribution in [3.63, 3.8) is 0 Å². The van der Waals surface area contributed by atoms with E-state index in [0.717, 1.165) is 10.9 Å². The van der Waals surface area contributed by atoms with Crippen LogP contribution in [0.15, 0.2) is 30.5 Å². The second kappa shape index (κ2) is 5.71. The van der Waals surface area contributed by atoms with Gasteiger partial charge in [-0.15, -0.1) is 5.10 Å². The fraction of sp³-hybridized carbons (Fsp3) is 0.231. The van der Waals surface area contributed by atoms with Crippen LogP contribution < -0.4 is 5.32 Å². The fourth-order valence-electron chi connectivity index (χ4n) is 2.19. The molecule has 0 spiro atoms. The number of tetrazole rings is 1. The summed E-state index contributed by atoms with van der Waals surface area (Å²) >= 11 is 0. The number of rotatable bonds is 5. The lowest BCUT2D eigenvalue weighted by Gasteiger charge is -2.03. The number of aromatic amines is 1. The lowest BCUT2D eigenvalue weighted by atomic mass is 10.1. The largest absolute Gasteiger partial charge is 0.383 e. The Kier molecular flexibility index (Phi) is 3.61. The van der Waals surface area contributed by atoms with E-state index in [1.165, 1.54) is 0 Å². The van der Waals surface area contributed by atoms with Gasteiger partial charge in [0.2, 0.25) is 0 Å². The molecule has 0 aliphatic carbocycles. The van der Waals surface area contributed by atoms with E-state index in [9.17, 15) is 4.79 Å². The van der Waals surface area contributed by atoms with E-state index in [1.807, 2.05) is 28.8 Å². The van der Waals surface area contributed by atoms with E-state index in [-0.39, 0.29) is 11.9 Å². The molecule has 0 aliphatic heterocycles. The molecule has 0 saturated carbocycles. The molecule has 0 fully saturated rings. The average Bonchev–Trinajstić information content (AvgIpc) is 3.12. The minimum Gasteiger partial charge on any atom is -0.383 e. The van der Waals surface area contributed by atoms with Crippen molar-refractivity contribution < 1.29 is 9.53 Å². The van der Waals surface area contributed by atoms with Gasteiger partial charge in [-0.1, -0.05) is 23.3 Å². The van der Waals surface area contributed by atoms with E-state index >= 15 is 0 Å². The summed E-state index contributed by atoms with van der Waals surface area (Å²) in [7, 11) is 1.65. The van der Waals surface area contributed by atoms with Gasteiger partial charge >= 0.3 is 0 Å². The molecular formula is C13H14N6O2. The van der Waals surface area contributed by atoms with Gasteiger partial charge in [-0.2, -0.15) is 5.21 Å². The van der Waals surface area contributed by atoms with Crippen molar-refractivity contribution in [1.29, 1.82) is 0 Å². The maximum Gasteiger partial charge on any atom is 0.270 e. The zero-order chi connectivity index (χ0) is 14.7. The third-order valence-electron chi connectivity index (χ3n) is 3.14. The highest BCUT2D eigenvalue weighted by atomic mass is 16.5. The number of hydrogen-bond acceptors (Lipinski definition) is 5. The van der Waals surface area contributed by atoms with E-state index in [0.29, 0.717) is 18.7 Å². The normalized spacial score (nSPS) is 10.9. The van der Waals surface area contributed by atoms with Gasteiger partial charge in [0.15, 0.2) is 0 Å². The minimum atomic E-state index is -0.274. The van der Waals surface area contributed by atoms with E-state index < -0.39 is 0 Å². The summed E-state index contributed by atoms with van der Waals surface area (Å²) in [5, 5.41) is 16.6. The number of aromatic nitrogens is 5. The number of para-hydroxylation sites is 1. The topological polar surface area (TPSA) is 97.7 Å². The van der Waals surface area contributed by atoms with Gasteiger partial charge in [0, 0.05) is 30.8 Å². The molecule has 2 heterocycles. The zero-order valence-electron chi connectivity index (χ0n) is 11.4. The zero-order valence-corrected chi connectivity index (χ0v) is 11.4. The fourth-order valence-corrected chi connectivity index (χ4v) is 2.19. The minimum absolute atomic E-state index is 0.147. The van der Waals surface area contributed by atoms with Crippen LogP contribution in [0.2, 0.25) is 0 Å². The van der Waals surface area contributed by atoms with Crippen molar-refractivity contribution in [3.8, 4) is 0 Å². The SMILES string of the molecule is COCCn1cc(C(=O)Nc2nn[nH]n2)c2ccccc21. The molecule has 8 nitrogen and oxygen atoms in total. The van der Waals surface area contributed by atoms with Crippen LogP contribution in [0.25, 0.3) is 10.9 Å². The molecule has 21 heavy (non-hydrogen) atoms. The second-order valence-electron chi connectivity index (χ2n) is 4.44. The summed E-state index contributed by atoms with van der Waals surface area (Å²) in [6, 6.07) is 7.71. The van der Waals surface area contributed by atoms with E-state index in [1.54, 1.807) is 13.3 Å². The second-order valence-corrected chi connectivity index (χ2v) is 4.44. The third-order valence-corrected chi connectivity index (χ3v) is 3.14. The molecule has 0 radical (unpaired) electrons. The monoisotopic (exact) mass is 286 g/mol. The Hall–Kier alpha value is -2.74. The first-order valence-electron chi connectivity index (χ1n) is 6.41. The van der Waals surface area contributed by atoms with Crippen molar-refractivity contribution in [2.24, 2.45) is 0 Å². The first-order chi connectivity index (χ1) is 10.3. The van der Waals surface area contributed by atoms with Crippen molar-refractivity contribution in [2.45, 2.75) is 6.54 Å². The predicted octanol–water partition coefficient (Wildman–Crippen LogP) is 1.05. The summed E-state index contributed by atoms with van der Waals surface area (Å²) in [6.45, 7) is 1.25. The van der Waals surface area contributed by atoms with Crippen LogP contribution in [0.3, 0.4) is 0 Å². The molecule has 1 aromatic carbocycles. The Morgan fingerprint density at radius 3 is 3.05 bits per heavy atom. The first-order valence-corrected chi connectivity index (χ1v) is 6.41. The summed E-state index contributed by atoms with van der Waals surface area (Å²) < 4.78 is 7.09. The molecule has 0 bridgehead atoms. The van der Waals surface area contributed by atoms with Crippen molar-refractivity contribution in [3.05, 3.63) is 36.0 Å². The van der Waals surface area contributed by atoms with Gasteiger partial charge in [0.1, 0.15) is 0 Å². The molecular weight excluding hydrogens is 272 g/mol. The molecule has 0 atom stereocenters. The van der Waals surface area contributed by atoms with Crippen LogP contribution in [-0.4, -0.2) is 44.8 Å². The van der Waals surface area contributed by atoms with Gasteiger partial charge in [0.25, 0.3) is 11.9 Å². The van der Waals surface area contributed by atoms with E-state index in [4.69, 9.17) is 4.74 Å². The highest BCUT2D eigenvalue weighted by Gasteiger charge is 2.16. The summed E-state index contributed by atoms with van der Waals surface area (Å²) in [5.41, 5.74) is 1.54. The van der Waals surface area contributed by atoms with Crippen molar-refractivity contribution >= 4 is 22.8 Å². The Morgan fingerprint density at radius 1 is 1.43 bits per heavy atom. The lowest BCUT2D eigenvalue weighted by Crippen LogP contribution is -2.13. The van der Waals surface area contributed by atoms with Crippen LogP contribution >= 0.6 is 0 Å². The number of carbonyl (C=O) groups excluding carboxylic acids is 1. The number of H-pyrrole nitrogens is 1. The number of methoxy groups -OCH3 is 1. The van der Waals surface area contributed by atoms with Crippen LogP contribution in [0.5, 0.6) is 0 Å². The van der Waals surface area contributed by atoms with Crippen LogP contribution in [0, 0.1) is 0 Å². The number of amides is 1. The third kappa shape index (κ3) is 2.61. The molecule has 2 aromatic heterocycles. The Morgan fingerprint density at radius 2 is 2.29 bits per heavy atom. The summed E-state index contributed by atoms with van der Waals surface area (Å²) in [5.74, 6) is -0.127. The molecule has 0 saturated heterocycles. The molecule has 1 amide bonds. The van der Waals surface area contributed by atoms with Crippen molar-refractivity contribution in [2.75, 3.05) is 19.0 Å². The van der Waals surface area contributed by atoms with Gasteiger partial charge in [0.05, 0.1) is 12.2 Å². The number of nitrogens with one attached hydrogen (secondary N) is 2.